The summed E-state index contributed by atoms with van der Waals surface area (Å²) in [5.74, 6) is -0.816. The van der Waals surface area contributed by atoms with Crippen LogP contribution >= 0.6 is 0 Å². The first-order valence-corrected chi connectivity index (χ1v) is 5.63. The van der Waals surface area contributed by atoms with Gasteiger partial charge in [-0.2, -0.15) is 13.2 Å². The molecule has 0 amide bonds. The van der Waals surface area contributed by atoms with Crippen LogP contribution in [0.15, 0.2) is 29.8 Å². The van der Waals surface area contributed by atoms with Gasteiger partial charge in [-0.3, -0.25) is 0 Å². The lowest BCUT2D eigenvalue weighted by Gasteiger charge is -2.15. The van der Waals surface area contributed by atoms with E-state index in [1.165, 1.54) is 0 Å². The third kappa shape index (κ3) is 2.56. The SMILES string of the molecule is OC(C1=CCCC1)c1cc(C(F)(F)F)ccc1F. The summed E-state index contributed by atoms with van der Waals surface area (Å²) in [6.07, 6.45) is -1.86. The van der Waals surface area contributed by atoms with Crippen LogP contribution in [-0.4, -0.2) is 5.11 Å². The first kappa shape index (κ1) is 13.1. The van der Waals surface area contributed by atoms with Gasteiger partial charge in [0.05, 0.1) is 5.56 Å². The molecule has 1 aromatic rings. The zero-order valence-corrected chi connectivity index (χ0v) is 9.47. The van der Waals surface area contributed by atoms with Gasteiger partial charge in [-0.05, 0) is 43.0 Å². The predicted molar refractivity (Wildman–Crippen MR) is 58.3 cm³/mol. The molecule has 0 aliphatic heterocycles. The van der Waals surface area contributed by atoms with Gasteiger partial charge in [0.2, 0.25) is 0 Å². The van der Waals surface area contributed by atoms with E-state index in [0.717, 1.165) is 18.9 Å². The molecule has 0 radical (unpaired) electrons. The molecule has 0 fully saturated rings. The third-order valence-electron chi connectivity index (χ3n) is 3.05. The van der Waals surface area contributed by atoms with Crippen molar-refractivity contribution in [3.8, 4) is 0 Å². The Balaban J connectivity index is 2.37. The molecule has 2 rings (SSSR count). The van der Waals surface area contributed by atoms with Crippen molar-refractivity contribution in [2.75, 3.05) is 0 Å². The molecule has 1 N–H and O–H groups in total. The highest BCUT2D eigenvalue weighted by atomic mass is 19.4. The maximum Gasteiger partial charge on any atom is 0.416 e. The summed E-state index contributed by atoms with van der Waals surface area (Å²) in [5.41, 5.74) is -0.664. The van der Waals surface area contributed by atoms with Gasteiger partial charge in [0.15, 0.2) is 0 Å². The summed E-state index contributed by atoms with van der Waals surface area (Å²) in [5, 5.41) is 9.92. The predicted octanol–water partition coefficient (Wildman–Crippen LogP) is 3.99. The Morgan fingerprint density at radius 2 is 1.94 bits per heavy atom. The minimum Gasteiger partial charge on any atom is -0.384 e. The molecule has 0 saturated carbocycles. The van der Waals surface area contributed by atoms with E-state index in [-0.39, 0.29) is 5.56 Å². The second-order valence-corrected chi connectivity index (χ2v) is 4.31. The topological polar surface area (TPSA) is 20.2 Å². The molecule has 1 aromatic carbocycles. The molecular formula is C13H12F4O. The molecule has 1 aliphatic rings. The number of benzene rings is 1. The van der Waals surface area contributed by atoms with Crippen LogP contribution in [-0.2, 0) is 6.18 Å². The molecule has 1 nitrogen and oxygen atoms in total. The molecule has 5 heteroatoms. The van der Waals surface area contributed by atoms with E-state index >= 15 is 0 Å². The van der Waals surface area contributed by atoms with Crippen molar-refractivity contribution < 1.29 is 22.7 Å². The Bertz CT molecular complexity index is 476. The highest BCUT2D eigenvalue weighted by Crippen LogP contribution is 2.35. The van der Waals surface area contributed by atoms with Gasteiger partial charge >= 0.3 is 6.18 Å². The minimum absolute atomic E-state index is 0.307. The van der Waals surface area contributed by atoms with Gasteiger partial charge in [-0.25, -0.2) is 4.39 Å². The number of alkyl halides is 3. The maximum atomic E-state index is 13.5. The van der Waals surface area contributed by atoms with Gasteiger partial charge in [0, 0.05) is 5.56 Å². The number of allylic oxidation sites excluding steroid dienone is 1. The molecule has 0 heterocycles. The lowest BCUT2D eigenvalue weighted by molar-refractivity contribution is -0.137. The highest BCUT2D eigenvalue weighted by molar-refractivity contribution is 5.33. The molecule has 1 unspecified atom stereocenters. The molecule has 0 bridgehead atoms. The fourth-order valence-corrected chi connectivity index (χ4v) is 2.07. The Morgan fingerprint density at radius 3 is 2.50 bits per heavy atom. The van der Waals surface area contributed by atoms with E-state index in [1.807, 2.05) is 0 Å². The average molecular weight is 260 g/mol. The second kappa shape index (κ2) is 4.72. The Kier molecular flexibility index (Phi) is 3.43. The molecular weight excluding hydrogens is 248 g/mol. The van der Waals surface area contributed by atoms with Crippen molar-refractivity contribution in [2.45, 2.75) is 31.5 Å². The van der Waals surface area contributed by atoms with Crippen LogP contribution in [0, 0.1) is 5.82 Å². The summed E-state index contributed by atoms with van der Waals surface area (Å²) in [7, 11) is 0. The molecule has 0 saturated heterocycles. The first-order chi connectivity index (χ1) is 8.39. The number of aliphatic hydroxyl groups is 1. The van der Waals surface area contributed by atoms with Crippen LogP contribution in [0.4, 0.5) is 17.6 Å². The summed E-state index contributed by atoms with van der Waals surface area (Å²) < 4.78 is 51.1. The molecule has 18 heavy (non-hydrogen) atoms. The van der Waals surface area contributed by atoms with E-state index in [4.69, 9.17) is 0 Å². The van der Waals surface area contributed by atoms with Crippen LogP contribution in [0.25, 0.3) is 0 Å². The van der Waals surface area contributed by atoms with Crippen LogP contribution in [0.2, 0.25) is 0 Å². The summed E-state index contributed by atoms with van der Waals surface area (Å²) in [6.45, 7) is 0. The van der Waals surface area contributed by atoms with Gasteiger partial charge in [0.1, 0.15) is 11.9 Å². The average Bonchev–Trinajstić information content (AvgIpc) is 2.80. The fraction of sp³-hybridized carbons (Fsp3) is 0.385. The van der Waals surface area contributed by atoms with Gasteiger partial charge in [-0.15, -0.1) is 0 Å². The minimum atomic E-state index is -4.54. The summed E-state index contributed by atoms with van der Waals surface area (Å²) in [6, 6.07) is 2.10. The largest absolute Gasteiger partial charge is 0.416 e. The van der Waals surface area contributed by atoms with Crippen LogP contribution in [0.1, 0.15) is 36.5 Å². The van der Waals surface area contributed by atoms with Crippen LogP contribution < -0.4 is 0 Å². The van der Waals surface area contributed by atoms with Crippen molar-refractivity contribution in [3.63, 3.8) is 0 Å². The molecule has 1 aliphatic carbocycles. The van der Waals surface area contributed by atoms with E-state index in [0.29, 0.717) is 24.1 Å². The summed E-state index contributed by atoms with van der Waals surface area (Å²) >= 11 is 0. The molecule has 1 atom stereocenters. The molecule has 0 spiro atoms. The fourth-order valence-electron chi connectivity index (χ4n) is 2.07. The van der Waals surface area contributed by atoms with Crippen molar-refractivity contribution in [1.29, 1.82) is 0 Å². The molecule has 98 valence electrons. The third-order valence-corrected chi connectivity index (χ3v) is 3.05. The smallest absolute Gasteiger partial charge is 0.384 e. The van der Waals surface area contributed by atoms with Gasteiger partial charge in [-0.1, -0.05) is 6.08 Å². The second-order valence-electron chi connectivity index (χ2n) is 4.31. The lowest BCUT2D eigenvalue weighted by atomic mass is 9.98. The van der Waals surface area contributed by atoms with Crippen molar-refractivity contribution in [1.82, 2.24) is 0 Å². The number of rotatable bonds is 2. The number of aliphatic hydroxyl groups excluding tert-OH is 1. The lowest BCUT2D eigenvalue weighted by Crippen LogP contribution is -2.09. The van der Waals surface area contributed by atoms with E-state index < -0.39 is 23.7 Å². The standard InChI is InChI=1S/C13H12F4O/c14-11-6-5-9(13(15,16)17)7-10(11)12(18)8-3-1-2-4-8/h3,5-7,12,18H,1-2,4H2. The van der Waals surface area contributed by atoms with Gasteiger partial charge < -0.3 is 5.11 Å². The highest BCUT2D eigenvalue weighted by Gasteiger charge is 2.32. The van der Waals surface area contributed by atoms with E-state index in [9.17, 15) is 22.7 Å². The number of hydrogen-bond acceptors (Lipinski definition) is 1. The van der Waals surface area contributed by atoms with Crippen LogP contribution in [0.3, 0.4) is 0 Å². The zero-order chi connectivity index (χ0) is 13.3. The zero-order valence-electron chi connectivity index (χ0n) is 9.47. The monoisotopic (exact) mass is 260 g/mol. The van der Waals surface area contributed by atoms with E-state index in [1.54, 1.807) is 6.08 Å². The molecule has 0 aromatic heterocycles. The van der Waals surface area contributed by atoms with Crippen molar-refractivity contribution in [3.05, 3.63) is 46.8 Å². The maximum absolute atomic E-state index is 13.5. The quantitative estimate of drug-likeness (QED) is 0.629. The van der Waals surface area contributed by atoms with Crippen molar-refractivity contribution >= 4 is 0 Å². The summed E-state index contributed by atoms with van der Waals surface area (Å²) in [4.78, 5) is 0. The van der Waals surface area contributed by atoms with Crippen molar-refractivity contribution in [2.24, 2.45) is 0 Å². The number of hydrogen-bond donors (Lipinski definition) is 1. The first-order valence-electron chi connectivity index (χ1n) is 5.63. The normalized spacial score (nSPS) is 17.7. The van der Waals surface area contributed by atoms with Gasteiger partial charge in [0.25, 0.3) is 0 Å². The Labute approximate surface area is 102 Å². The Hall–Kier alpha value is -1.36. The Morgan fingerprint density at radius 1 is 1.22 bits per heavy atom. The van der Waals surface area contributed by atoms with Crippen LogP contribution in [0.5, 0.6) is 0 Å². The number of halogens is 4. The van der Waals surface area contributed by atoms with E-state index in [2.05, 4.69) is 0 Å².